The lowest BCUT2D eigenvalue weighted by atomic mass is 10.1. The van der Waals surface area contributed by atoms with Crippen molar-refractivity contribution >= 4 is 40.6 Å². The lowest BCUT2D eigenvalue weighted by Crippen LogP contribution is -2.32. The van der Waals surface area contributed by atoms with Crippen LogP contribution in [0.1, 0.15) is 5.56 Å². The molecule has 0 saturated carbocycles. The Morgan fingerprint density at radius 1 is 0.815 bits per heavy atom. The predicted octanol–water partition coefficient (Wildman–Crippen LogP) is 4.82. The van der Waals surface area contributed by atoms with Gasteiger partial charge in [0.1, 0.15) is 5.84 Å². The van der Waals surface area contributed by atoms with Gasteiger partial charge in [-0.05, 0) is 36.5 Å². The molecular formula is C21H17N3O2S. The molecule has 3 aromatic carbocycles. The van der Waals surface area contributed by atoms with Gasteiger partial charge in [0.2, 0.25) is 5.11 Å². The average Bonchev–Trinajstić information content (AvgIpc) is 2.69. The minimum atomic E-state index is -1.25. The zero-order valence-corrected chi connectivity index (χ0v) is 15.1. The van der Waals surface area contributed by atoms with Crippen LogP contribution in [-0.2, 0) is 0 Å². The minimum absolute atomic E-state index is 0.127. The molecule has 0 bridgehead atoms. The largest absolute Gasteiger partial charge is 0.465 e. The summed E-state index contributed by atoms with van der Waals surface area (Å²) in [4.78, 5) is 17.3. The zero-order chi connectivity index (χ0) is 19.1. The molecule has 3 aromatic rings. The van der Waals surface area contributed by atoms with Gasteiger partial charge in [0, 0.05) is 16.9 Å². The quantitative estimate of drug-likeness (QED) is 0.391. The Kier molecular flexibility index (Phi) is 5.91. The van der Waals surface area contributed by atoms with Gasteiger partial charge >= 0.3 is 6.09 Å². The van der Waals surface area contributed by atoms with E-state index < -0.39 is 6.09 Å². The number of carboxylic acid groups (broad SMARTS) is 1. The van der Waals surface area contributed by atoms with Crippen molar-refractivity contribution in [1.82, 2.24) is 5.32 Å². The summed E-state index contributed by atoms with van der Waals surface area (Å²) < 4.78 is 0. The molecule has 0 saturated heterocycles. The number of nitrogens with zero attached hydrogens (tertiary/aromatic N) is 2. The topological polar surface area (TPSA) is 64.9 Å². The number of para-hydroxylation sites is 2. The van der Waals surface area contributed by atoms with Gasteiger partial charge in [0.25, 0.3) is 0 Å². The maximum atomic E-state index is 11.0. The number of nitrogens with one attached hydrogen (secondary N) is 1. The third-order valence-corrected chi connectivity index (χ3v) is 3.89. The van der Waals surface area contributed by atoms with E-state index in [1.54, 1.807) is 0 Å². The Balaban J connectivity index is 2.18. The second kappa shape index (κ2) is 8.73. The first kappa shape index (κ1) is 18.3. The molecule has 0 aliphatic heterocycles. The third-order valence-electron chi connectivity index (χ3n) is 3.69. The number of benzene rings is 3. The standard InChI is InChI=1S/C21H17N3O2S/c25-21(26)23-20(27)22-19(16-10-4-1-5-11-16)24(17-12-6-2-7-13-17)18-14-8-3-9-15-18/h1-15H,(H,23,27)(H,25,26). The van der Waals surface area contributed by atoms with Crippen molar-refractivity contribution in [2.24, 2.45) is 4.99 Å². The van der Waals surface area contributed by atoms with Gasteiger partial charge in [-0.2, -0.15) is 0 Å². The van der Waals surface area contributed by atoms with Crippen LogP contribution in [0.25, 0.3) is 0 Å². The number of thiocarbonyl (C=S) groups is 1. The van der Waals surface area contributed by atoms with Crippen LogP contribution in [0.5, 0.6) is 0 Å². The van der Waals surface area contributed by atoms with Crippen LogP contribution in [0.4, 0.5) is 16.2 Å². The Bertz CT molecular complexity index is 905. The van der Waals surface area contributed by atoms with E-state index in [1.165, 1.54) is 0 Å². The number of amides is 1. The van der Waals surface area contributed by atoms with Crippen molar-refractivity contribution < 1.29 is 9.90 Å². The summed E-state index contributed by atoms with van der Waals surface area (Å²) >= 11 is 5.12. The first-order chi connectivity index (χ1) is 13.1. The van der Waals surface area contributed by atoms with E-state index >= 15 is 0 Å². The smallest absolute Gasteiger partial charge is 0.410 e. The highest BCUT2D eigenvalue weighted by Crippen LogP contribution is 2.27. The van der Waals surface area contributed by atoms with E-state index in [2.05, 4.69) is 10.3 Å². The molecule has 0 atom stereocenters. The molecule has 0 fully saturated rings. The molecule has 3 rings (SSSR count). The van der Waals surface area contributed by atoms with Gasteiger partial charge in [-0.3, -0.25) is 10.2 Å². The monoisotopic (exact) mass is 375 g/mol. The number of carbonyl (C=O) groups is 1. The molecule has 0 aliphatic rings. The van der Waals surface area contributed by atoms with Crippen molar-refractivity contribution in [3.8, 4) is 0 Å². The van der Waals surface area contributed by atoms with Crippen molar-refractivity contribution in [3.05, 3.63) is 96.6 Å². The van der Waals surface area contributed by atoms with Gasteiger partial charge in [0.15, 0.2) is 0 Å². The van der Waals surface area contributed by atoms with Gasteiger partial charge in [-0.1, -0.05) is 66.7 Å². The van der Waals surface area contributed by atoms with E-state index in [9.17, 15) is 4.79 Å². The molecule has 5 nitrogen and oxygen atoms in total. The van der Waals surface area contributed by atoms with Gasteiger partial charge in [0.05, 0.1) is 0 Å². The summed E-state index contributed by atoms with van der Waals surface area (Å²) in [6, 6.07) is 28.9. The Hall–Kier alpha value is -3.51. The summed E-state index contributed by atoms with van der Waals surface area (Å²) in [5.41, 5.74) is 2.56. The molecular weight excluding hydrogens is 358 g/mol. The van der Waals surface area contributed by atoms with Crippen LogP contribution in [-0.4, -0.2) is 22.1 Å². The number of aliphatic imine (C=N–C) groups is 1. The second-order valence-corrected chi connectivity index (χ2v) is 5.93. The summed E-state index contributed by atoms with van der Waals surface area (Å²) in [6.07, 6.45) is -1.25. The lowest BCUT2D eigenvalue weighted by molar-refractivity contribution is 0.200. The number of hydrogen-bond donors (Lipinski definition) is 2. The van der Waals surface area contributed by atoms with E-state index in [4.69, 9.17) is 17.3 Å². The molecule has 0 heterocycles. The number of amidine groups is 1. The molecule has 0 unspecified atom stereocenters. The molecule has 0 aliphatic carbocycles. The van der Waals surface area contributed by atoms with Gasteiger partial charge in [-0.25, -0.2) is 9.79 Å². The highest BCUT2D eigenvalue weighted by atomic mass is 32.1. The molecule has 134 valence electrons. The van der Waals surface area contributed by atoms with E-state index in [0.29, 0.717) is 5.84 Å². The molecule has 27 heavy (non-hydrogen) atoms. The van der Waals surface area contributed by atoms with E-state index in [-0.39, 0.29) is 5.11 Å². The fraction of sp³-hybridized carbons (Fsp3) is 0. The van der Waals surface area contributed by atoms with E-state index in [1.807, 2.05) is 95.9 Å². The summed E-state index contributed by atoms with van der Waals surface area (Å²) in [5.74, 6) is 0.520. The first-order valence-corrected chi connectivity index (χ1v) is 8.64. The summed E-state index contributed by atoms with van der Waals surface area (Å²) in [5, 5.41) is 11.0. The number of hydrogen-bond acceptors (Lipinski definition) is 2. The maximum absolute atomic E-state index is 11.0. The van der Waals surface area contributed by atoms with Crippen molar-refractivity contribution in [2.75, 3.05) is 4.90 Å². The normalized spacial score (nSPS) is 10.9. The number of rotatable bonds is 3. The SMILES string of the molecule is O=C(O)NC(=S)N=C(c1ccccc1)N(c1ccccc1)c1ccccc1. The molecule has 0 radical (unpaired) electrons. The fourth-order valence-corrected chi connectivity index (χ4v) is 2.77. The molecule has 0 aromatic heterocycles. The summed E-state index contributed by atoms with van der Waals surface area (Å²) in [6.45, 7) is 0. The van der Waals surface area contributed by atoms with Crippen LogP contribution in [0.3, 0.4) is 0 Å². The Labute approximate surface area is 162 Å². The highest BCUT2D eigenvalue weighted by molar-refractivity contribution is 7.80. The fourth-order valence-electron chi connectivity index (χ4n) is 2.59. The van der Waals surface area contributed by atoms with Crippen LogP contribution in [0.15, 0.2) is 96.0 Å². The van der Waals surface area contributed by atoms with E-state index in [0.717, 1.165) is 16.9 Å². The Morgan fingerprint density at radius 2 is 1.26 bits per heavy atom. The van der Waals surface area contributed by atoms with Crippen molar-refractivity contribution in [1.29, 1.82) is 0 Å². The van der Waals surface area contributed by atoms with Crippen LogP contribution >= 0.6 is 12.2 Å². The number of anilines is 2. The summed E-state index contributed by atoms with van der Waals surface area (Å²) in [7, 11) is 0. The minimum Gasteiger partial charge on any atom is -0.465 e. The lowest BCUT2D eigenvalue weighted by Gasteiger charge is -2.27. The highest BCUT2D eigenvalue weighted by Gasteiger charge is 2.19. The zero-order valence-electron chi connectivity index (χ0n) is 14.3. The third kappa shape index (κ3) is 4.77. The first-order valence-electron chi connectivity index (χ1n) is 8.23. The molecule has 1 amide bonds. The van der Waals surface area contributed by atoms with Gasteiger partial charge in [-0.15, -0.1) is 0 Å². The molecule has 6 heteroatoms. The molecule has 2 N–H and O–H groups in total. The molecule has 0 spiro atoms. The van der Waals surface area contributed by atoms with Crippen LogP contribution in [0.2, 0.25) is 0 Å². The second-order valence-electron chi connectivity index (χ2n) is 5.54. The maximum Gasteiger partial charge on any atom is 0.410 e. The van der Waals surface area contributed by atoms with Crippen molar-refractivity contribution in [3.63, 3.8) is 0 Å². The average molecular weight is 375 g/mol. The van der Waals surface area contributed by atoms with Crippen LogP contribution in [0, 0.1) is 0 Å². The van der Waals surface area contributed by atoms with Gasteiger partial charge < -0.3 is 5.11 Å². The van der Waals surface area contributed by atoms with Crippen molar-refractivity contribution in [2.45, 2.75) is 0 Å². The van der Waals surface area contributed by atoms with Crippen LogP contribution < -0.4 is 10.2 Å². The predicted molar refractivity (Wildman–Crippen MR) is 112 cm³/mol. The Morgan fingerprint density at radius 3 is 1.70 bits per heavy atom.